The Morgan fingerprint density at radius 2 is 1.50 bits per heavy atom. The Labute approximate surface area is 137 Å². The van der Waals surface area contributed by atoms with E-state index in [1.165, 1.54) is 28.0 Å². The van der Waals surface area contributed by atoms with E-state index in [1.54, 1.807) is 0 Å². The first kappa shape index (κ1) is 20.4. The summed E-state index contributed by atoms with van der Waals surface area (Å²) in [4.78, 5) is 4.45. The van der Waals surface area contributed by atoms with E-state index in [4.69, 9.17) is 0 Å². The summed E-state index contributed by atoms with van der Waals surface area (Å²) in [5, 5.41) is 0. The van der Waals surface area contributed by atoms with Gasteiger partial charge < -0.3 is 0 Å². The summed E-state index contributed by atoms with van der Waals surface area (Å²) in [6, 6.07) is 8.74. The first-order valence-electron chi connectivity index (χ1n) is 8.84. The van der Waals surface area contributed by atoms with Gasteiger partial charge in [0.2, 0.25) is 0 Å². The third-order valence-electron chi connectivity index (χ3n) is 3.49. The van der Waals surface area contributed by atoms with E-state index in [-0.39, 0.29) is 0 Å². The fraction of sp³-hybridized carbons (Fsp3) is 0.476. The van der Waals surface area contributed by atoms with Crippen LogP contribution in [0, 0.1) is 0 Å². The normalized spacial score (nSPS) is 16.0. The maximum absolute atomic E-state index is 4.45. The van der Waals surface area contributed by atoms with Gasteiger partial charge in [-0.25, -0.2) is 0 Å². The largest absolute Gasteiger partial charge is 0.293 e. The number of aryl methyl sites for hydroxylation is 1. The van der Waals surface area contributed by atoms with Crippen LogP contribution in [-0.2, 0) is 6.42 Å². The molecule has 0 heterocycles. The summed E-state index contributed by atoms with van der Waals surface area (Å²) in [7, 11) is 1.91. The number of nitrogens with zero attached hydrogens (tertiary/aromatic N) is 1. The molecular formula is C21H33N. The average molecular weight is 300 g/mol. The summed E-state index contributed by atoms with van der Waals surface area (Å²) >= 11 is 0. The molecule has 3 rings (SSSR count). The summed E-state index contributed by atoms with van der Waals surface area (Å²) in [5.74, 6) is 0. The molecule has 0 aromatic heterocycles. The van der Waals surface area contributed by atoms with Gasteiger partial charge in [0, 0.05) is 12.8 Å². The van der Waals surface area contributed by atoms with Gasteiger partial charge in [-0.05, 0) is 41.5 Å². The summed E-state index contributed by atoms with van der Waals surface area (Å²) < 4.78 is 0. The van der Waals surface area contributed by atoms with E-state index in [1.807, 2.05) is 48.6 Å². The third-order valence-corrected chi connectivity index (χ3v) is 3.49. The first-order valence-corrected chi connectivity index (χ1v) is 8.84. The zero-order valence-corrected chi connectivity index (χ0v) is 15.5. The summed E-state index contributed by atoms with van der Waals surface area (Å²) in [6.45, 7) is 12.0. The number of allylic oxidation sites excluding steroid dienone is 4. The Kier molecular flexibility index (Phi) is 11.1. The molecule has 0 spiro atoms. The van der Waals surface area contributed by atoms with Crippen LogP contribution in [0.4, 0.5) is 0 Å². The maximum Gasteiger partial charge on any atom is 0.0389 e. The Balaban J connectivity index is 0.000000661. The van der Waals surface area contributed by atoms with Crippen LogP contribution >= 0.6 is 0 Å². The van der Waals surface area contributed by atoms with Gasteiger partial charge in [0.25, 0.3) is 0 Å². The molecule has 0 fully saturated rings. The lowest BCUT2D eigenvalue weighted by Crippen LogP contribution is -2.01. The SMILES string of the molecule is CC.CC.CC.CN=C1CCc2ccccc2C2=C1CC=C2. The fourth-order valence-electron chi connectivity index (χ4n) is 2.68. The van der Waals surface area contributed by atoms with Gasteiger partial charge in [-0.15, -0.1) is 0 Å². The van der Waals surface area contributed by atoms with Crippen LogP contribution in [-0.4, -0.2) is 12.8 Å². The van der Waals surface area contributed by atoms with Crippen molar-refractivity contribution in [3.8, 4) is 0 Å². The van der Waals surface area contributed by atoms with Crippen LogP contribution in [0.3, 0.4) is 0 Å². The minimum absolute atomic E-state index is 1.05. The molecule has 0 saturated heterocycles. The molecule has 0 saturated carbocycles. The quantitative estimate of drug-likeness (QED) is 0.519. The van der Waals surface area contributed by atoms with Crippen molar-refractivity contribution in [3.05, 3.63) is 53.1 Å². The van der Waals surface area contributed by atoms with Crippen LogP contribution < -0.4 is 0 Å². The Bertz CT molecular complexity index is 518. The van der Waals surface area contributed by atoms with Crippen molar-refractivity contribution in [1.82, 2.24) is 0 Å². The molecule has 1 aromatic carbocycles. The highest BCUT2D eigenvalue weighted by Gasteiger charge is 2.21. The van der Waals surface area contributed by atoms with Gasteiger partial charge in [0.05, 0.1) is 0 Å². The van der Waals surface area contributed by atoms with E-state index in [0.29, 0.717) is 0 Å². The van der Waals surface area contributed by atoms with Crippen molar-refractivity contribution >= 4 is 11.3 Å². The van der Waals surface area contributed by atoms with Crippen molar-refractivity contribution in [2.75, 3.05) is 7.05 Å². The second-order valence-corrected chi connectivity index (χ2v) is 4.33. The van der Waals surface area contributed by atoms with E-state index in [0.717, 1.165) is 19.3 Å². The van der Waals surface area contributed by atoms with Gasteiger partial charge >= 0.3 is 0 Å². The minimum atomic E-state index is 1.05. The number of aliphatic imine (C=N–C) groups is 1. The molecule has 0 unspecified atom stereocenters. The number of hydrogen-bond donors (Lipinski definition) is 0. The molecule has 0 atom stereocenters. The van der Waals surface area contributed by atoms with E-state index >= 15 is 0 Å². The van der Waals surface area contributed by atoms with Gasteiger partial charge in [-0.2, -0.15) is 0 Å². The maximum atomic E-state index is 4.45. The van der Waals surface area contributed by atoms with Crippen molar-refractivity contribution in [1.29, 1.82) is 0 Å². The molecule has 2 aliphatic carbocycles. The summed E-state index contributed by atoms with van der Waals surface area (Å²) in [5.41, 5.74) is 6.99. The molecule has 0 N–H and O–H groups in total. The monoisotopic (exact) mass is 299 g/mol. The van der Waals surface area contributed by atoms with E-state index in [9.17, 15) is 0 Å². The van der Waals surface area contributed by atoms with Crippen molar-refractivity contribution in [2.24, 2.45) is 4.99 Å². The lowest BCUT2D eigenvalue weighted by atomic mass is 9.98. The van der Waals surface area contributed by atoms with Crippen LogP contribution in [0.2, 0.25) is 0 Å². The second kappa shape index (κ2) is 12.0. The predicted octanol–water partition coefficient (Wildman–Crippen LogP) is 6.50. The van der Waals surface area contributed by atoms with Crippen molar-refractivity contribution < 1.29 is 0 Å². The van der Waals surface area contributed by atoms with E-state index in [2.05, 4.69) is 41.4 Å². The van der Waals surface area contributed by atoms with Gasteiger partial charge in [0.1, 0.15) is 0 Å². The molecule has 1 nitrogen and oxygen atoms in total. The van der Waals surface area contributed by atoms with Crippen LogP contribution in [0.5, 0.6) is 0 Å². The highest BCUT2D eigenvalue weighted by molar-refractivity contribution is 6.10. The standard InChI is InChI=1S/C15H15N.3C2H6/c1-16-15-10-9-11-5-2-3-6-12(11)13-7-4-8-14(13)15;3*1-2/h2-7H,8-10H2,1H3;3*1-2H3. The second-order valence-electron chi connectivity index (χ2n) is 4.33. The van der Waals surface area contributed by atoms with Gasteiger partial charge in [-0.1, -0.05) is 78.0 Å². The molecule has 1 heteroatoms. The van der Waals surface area contributed by atoms with Gasteiger partial charge in [0.15, 0.2) is 0 Å². The molecule has 0 aliphatic heterocycles. The zero-order chi connectivity index (χ0) is 17.0. The fourth-order valence-corrected chi connectivity index (χ4v) is 2.68. The lowest BCUT2D eigenvalue weighted by molar-refractivity contribution is 1.03. The number of rotatable bonds is 0. The predicted molar refractivity (Wildman–Crippen MR) is 103 cm³/mol. The van der Waals surface area contributed by atoms with Crippen LogP contribution in [0.25, 0.3) is 5.57 Å². The number of hydrogen-bond acceptors (Lipinski definition) is 1. The third kappa shape index (κ3) is 4.69. The molecule has 0 amide bonds. The molecule has 122 valence electrons. The first-order chi connectivity index (χ1) is 10.9. The van der Waals surface area contributed by atoms with Crippen molar-refractivity contribution in [2.45, 2.75) is 60.8 Å². The lowest BCUT2D eigenvalue weighted by Gasteiger charge is -2.06. The van der Waals surface area contributed by atoms with Gasteiger partial charge in [-0.3, -0.25) is 4.99 Å². The highest BCUT2D eigenvalue weighted by atomic mass is 14.7. The molecular weight excluding hydrogens is 266 g/mol. The average Bonchev–Trinajstić information content (AvgIpc) is 3.05. The molecule has 0 radical (unpaired) electrons. The molecule has 2 aliphatic rings. The number of fused-ring (bicyclic) bond motifs is 2. The topological polar surface area (TPSA) is 12.4 Å². The molecule has 1 aromatic rings. The zero-order valence-electron chi connectivity index (χ0n) is 15.5. The van der Waals surface area contributed by atoms with Crippen LogP contribution in [0.1, 0.15) is 65.5 Å². The Hall–Kier alpha value is -1.63. The Morgan fingerprint density at radius 3 is 2.14 bits per heavy atom. The van der Waals surface area contributed by atoms with E-state index < -0.39 is 0 Å². The molecule has 0 bridgehead atoms. The highest BCUT2D eigenvalue weighted by Crippen LogP contribution is 2.35. The Morgan fingerprint density at radius 1 is 0.864 bits per heavy atom. The smallest absolute Gasteiger partial charge is 0.0389 e. The number of benzene rings is 1. The summed E-state index contributed by atoms with van der Waals surface area (Å²) in [6.07, 6.45) is 7.75. The molecule has 22 heavy (non-hydrogen) atoms. The van der Waals surface area contributed by atoms with Crippen LogP contribution in [0.15, 0.2) is 47.0 Å². The minimum Gasteiger partial charge on any atom is -0.293 e. The van der Waals surface area contributed by atoms with Crippen molar-refractivity contribution in [3.63, 3.8) is 0 Å².